The van der Waals surface area contributed by atoms with Gasteiger partial charge in [-0.05, 0) is 24.3 Å². The minimum Gasteiger partial charge on any atom is -0.396 e. The second-order valence-corrected chi connectivity index (χ2v) is 9.03. The summed E-state index contributed by atoms with van der Waals surface area (Å²) in [6.45, 7) is 4.25. The summed E-state index contributed by atoms with van der Waals surface area (Å²) in [6.07, 6.45) is 1.36. The molecular weight excluding hydrogens is 329 g/mol. The van der Waals surface area contributed by atoms with Crippen LogP contribution in [0.3, 0.4) is 0 Å². The highest BCUT2D eigenvalue weighted by Gasteiger charge is 2.25. The molecule has 0 aliphatic carbocycles. The molecule has 8 heteroatoms. The van der Waals surface area contributed by atoms with Crippen LogP contribution in [0.15, 0.2) is 11.0 Å². The van der Waals surface area contributed by atoms with E-state index in [2.05, 4.69) is 4.72 Å². The van der Waals surface area contributed by atoms with Gasteiger partial charge in [-0.3, -0.25) is 0 Å². The number of aliphatic hydroxyl groups excluding tert-OH is 1. The van der Waals surface area contributed by atoms with Gasteiger partial charge < -0.3 is 5.11 Å². The van der Waals surface area contributed by atoms with E-state index in [1.807, 2.05) is 13.8 Å². The number of hydrogen-bond donors (Lipinski definition) is 2. The molecule has 19 heavy (non-hydrogen) atoms. The lowest BCUT2D eigenvalue weighted by Gasteiger charge is -2.24. The minimum absolute atomic E-state index is 0.0159. The lowest BCUT2D eigenvalue weighted by molar-refractivity contribution is 0.242. The van der Waals surface area contributed by atoms with Crippen LogP contribution in [-0.2, 0) is 10.0 Å². The summed E-state index contributed by atoms with van der Waals surface area (Å²) in [5.41, 5.74) is -0.234. The van der Waals surface area contributed by atoms with Crippen LogP contribution < -0.4 is 4.72 Å². The first-order valence-electron chi connectivity index (χ1n) is 5.73. The summed E-state index contributed by atoms with van der Waals surface area (Å²) in [7, 11) is -3.65. The van der Waals surface area contributed by atoms with E-state index in [1.54, 1.807) is 0 Å². The van der Waals surface area contributed by atoms with Crippen LogP contribution in [0.4, 0.5) is 0 Å². The molecule has 0 aromatic carbocycles. The smallest absolute Gasteiger partial charge is 0.242 e. The van der Waals surface area contributed by atoms with Crippen molar-refractivity contribution in [3.05, 3.63) is 14.7 Å². The predicted molar refractivity (Wildman–Crippen MR) is 79.6 cm³/mol. The standard InChI is InChI=1S/C11H17Cl2NO3S2/c1-11(2,4-3-5-15)7-14-19(16,17)8-6-9(12)18-10(8)13/h6,14-15H,3-5,7H2,1-2H3. The topological polar surface area (TPSA) is 66.4 Å². The quantitative estimate of drug-likeness (QED) is 0.797. The van der Waals surface area contributed by atoms with Crippen molar-refractivity contribution in [1.82, 2.24) is 4.72 Å². The van der Waals surface area contributed by atoms with E-state index in [1.165, 1.54) is 6.07 Å². The van der Waals surface area contributed by atoms with Crippen LogP contribution in [0.25, 0.3) is 0 Å². The van der Waals surface area contributed by atoms with Gasteiger partial charge in [-0.2, -0.15) is 0 Å². The highest BCUT2D eigenvalue weighted by molar-refractivity contribution is 7.89. The molecule has 0 radical (unpaired) electrons. The van der Waals surface area contributed by atoms with Crippen LogP contribution in [-0.4, -0.2) is 26.7 Å². The van der Waals surface area contributed by atoms with Gasteiger partial charge in [0.2, 0.25) is 10.0 Å². The molecule has 0 amide bonds. The van der Waals surface area contributed by atoms with Crippen LogP contribution in [0.1, 0.15) is 26.7 Å². The highest BCUT2D eigenvalue weighted by Crippen LogP contribution is 2.34. The van der Waals surface area contributed by atoms with Gasteiger partial charge in [0.1, 0.15) is 9.23 Å². The minimum atomic E-state index is -3.65. The zero-order valence-corrected chi connectivity index (χ0v) is 13.9. The summed E-state index contributed by atoms with van der Waals surface area (Å²) in [4.78, 5) is 0.0159. The fourth-order valence-electron chi connectivity index (χ4n) is 1.52. The number of rotatable bonds is 7. The third-order valence-electron chi connectivity index (χ3n) is 2.67. The molecule has 1 heterocycles. The third-order valence-corrected chi connectivity index (χ3v) is 5.82. The maximum atomic E-state index is 12.1. The molecule has 2 N–H and O–H groups in total. The molecular formula is C11H17Cl2NO3S2. The Morgan fingerprint density at radius 1 is 1.42 bits per heavy atom. The zero-order chi connectivity index (χ0) is 14.7. The SMILES string of the molecule is CC(C)(CCCO)CNS(=O)(=O)c1cc(Cl)sc1Cl. The number of aliphatic hydroxyl groups is 1. The van der Waals surface area contributed by atoms with Crippen LogP contribution in [0.5, 0.6) is 0 Å². The van der Waals surface area contributed by atoms with Gasteiger partial charge in [0.05, 0.1) is 4.34 Å². The van der Waals surface area contributed by atoms with E-state index in [-0.39, 0.29) is 27.8 Å². The molecule has 0 saturated heterocycles. The number of hydrogen-bond acceptors (Lipinski definition) is 4. The average Bonchev–Trinajstić information content (AvgIpc) is 2.65. The van der Waals surface area contributed by atoms with Gasteiger partial charge in [0.25, 0.3) is 0 Å². The van der Waals surface area contributed by atoms with Crippen LogP contribution >= 0.6 is 34.5 Å². The second-order valence-electron chi connectivity index (χ2n) is 5.00. The predicted octanol–water partition coefficient (Wildman–Crippen LogP) is 3.13. The molecule has 110 valence electrons. The van der Waals surface area contributed by atoms with Gasteiger partial charge in [0.15, 0.2) is 0 Å². The summed E-state index contributed by atoms with van der Waals surface area (Å²) < 4.78 is 27.2. The molecule has 0 aliphatic rings. The van der Waals surface area contributed by atoms with Crippen molar-refractivity contribution in [3.63, 3.8) is 0 Å². The largest absolute Gasteiger partial charge is 0.396 e. The monoisotopic (exact) mass is 345 g/mol. The number of nitrogens with one attached hydrogen (secondary N) is 1. The summed E-state index contributed by atoms with van der Waals surface area (Å²) in [6, 6.07) is 1.34. The Bertz CT molecular complexity index is 526. The van der Waals surface area contributed by atoms with E-state index in [0.717, 1.165) is 17.8 Å². The molecule has 0 unspecified atom stereocenters. The third kappa shape index (κ3) is 5.21. The van der Waals surface area contributed by atoms with E-state index in [4.69, 9.17) is 28.3 Å². The van der Waals surface area contributed by atoms with Crippen LogP contribution in [0, 0.1) is 5.41 Å². The number of sulfonamides is 1. The van der Waals surface area contributed by atoms with Crippen molar-refractivity contribution in [1.29, 1.82) is 0 Å². The first kappa shape index (κ1) is 17.2. The molecule has 1 aromatic heterocycles. The van der Waals surface area contributed by atoms with Gasteiger partial charge in [-0.15, -0.1) is 11.3 Å². The van der Waals surface area contributed by atoms with Gasteiger partial charge in [0, 0.05) is 13.2 Å². The Morgan fingerprint density at radius 2 is 2.05 bits per heavy atom. The van der Waals surface area contributed by atoms with Gasteiger partial charge in [-0.1, -0.05) is 37.0 Å². The van der Waals surface area contributed by atoms with E-state index in [9.17, 15) is 8.42 Å². The van der Waals surface area contributed by atoms with Crippen molar-refractivity contribution in [2.75, 3.05) is 13.2 Å². The maximum absolute atomic E-state index is 12.1. The average molecular weight is 346 g/mol. The van der Waals surface area contributed by atoms with Crippen LogP contribution in [0.2, 0.25) is 8.67 Å². The molecule has 0 saturated carbocycles. The molecule has 0 spiro atoms. The van der Waals surface area contributed by atoms with Gasteiger partial charge >= 0.3 is 0 Å². The fourth-order valence-corrected chi connectivity index (χ4v) is 4.91. The zero-order valence-electron chi connectivity index (χ0n) is 10.7. The Kier molecular flexibility index (Phi) is 6.10. The van der Waals surface area contributed by atoms with Crippen molar-refractivity contribution < 1.29 is 13.5 Å². The Balaban J connectivity index is 2.73. The van der Waals surface area contributed by atoms with Crippen molar-refractivity contribution >= 4 is 44.6 Å². The molecule has 0 bridgehead atoms. The lowest BCUT2D eigenvalue weighted by atomic mass is 9.88. The number of thiophene rings is 1. The molecule has 1 aromatic rings. The Hall–Kier alpha value is 0.150. The summed E-state index contributed by atoms with van der Waals surface area (Å²) in [5, 5.41) is 8.81. The lowest BCUT2D eigenvalue weighted by Crippen LogP contribution is -2.34. The van der Waals surface area contributed by atoms with Crippen molar-refractivity contribution in [3.8, 4) is 0 Å². The first-order valence-corrected chi connectivity index (χ1v) is 8.79. The number of halogens is 2. The normalized spacial score (nSPS) is 12.9. The maximum Gasteiger partial charge on any atom is 0.242 e. The van der Waals surface area contributed by atoms with E-state index >= 15 is 0 Å². The molecule has 4 nitrogen and oxygen atoms in total. The fraction of sp³-hybridized carbons (Fsp3) is 0.636. The van der Waals surface area contributed by atoms with E-state index < -0.39 is 10.0 Å². The van der Waals surface area contributed by atoms with E-state index in [0.29, 0.717) is 10.8 Å². The first-order chi connectivity index (χ1) is 8.68. The highest BCUT2D eigenvalue weighted by atomic mass is 35.5. The molecule has 1 rings (SSSR count). The molecule has 0 atom stereocenters. The molecule has 0 fully saturated rings. The van der Waals surface area contributed by atoms with Gasteiger partial charge in [-0.25, -0.2) is 13.1 Å². The Labute approximate surface area is 127 Å². The van der Waals surface area contributed by atoms with Crippen molar-refractivity contribution in [2.45, 2.75) is 31.6 Å². The Morgan fingerprint density at radius 3 is 2.53 bits per heavy atom. The molecule has 0 aliphatic heterocycles. The van der Waals surface area contributed by atoms with Crippen molar-refractivity contribution in [2.24, 2.45) is 5.41 Å². The summed E-state index contributed by atoms with van der Waals surface area (Å²) in [5.74, 6) is 0. The second kappa shape index (κ2) is 6.74. The summed E-state index contributed by atoms with van der Waals surface area (Å²) >= 11 is 12.6.